The minimum Gasteiger partial charge on any atom is -0.367 e. The Morgan fingerprint density at radius 3 is 2.24 bits per heavy atom. The van der Waals surface area contributed by atoms with Crippen LogP contribution >= 0.6 is 0 Å². The van der Waals surface area contributed by atoms with Crippen LogP contribution in [0.25, 0.3) is 0 Å². The molecule has 3 rings (SSSR count). The van der Waals surface area contributed by atoms with Crippen LogP contribution in [0.1, 0.15) is 30.5 Å². The molecule has 0 saturated carbocycles. The van der Waals surface area contributed by atoms with Crippen molar-refractivity contribution < 1.29 is 13.2 Å². The molecule has 1 saturated heterocycles. The van der Waals surface area contributed by atoms with Crippen LogP contribution in [-0.2, 0) is 21.2 Å². The van der Waals surface area contributed by atoms with Gasteiger partial charge in [-0.3, -0.25) is 4.79 Å². The maximum Gasteiger partial charge on any atom is 0.243 e. The number of hydrogen-bond donors (Lipinski definition) is 1. The van der Waals surface area contributed by atoms with Gasteiger partial charge >= 0.3 is 0 Å². The number of piperazine rings is 1. The first-order valence-electron chi connectivity index (χ1n) is 11.6. The van der Waals surface area contributed by atoms with Gasteiger partial charge in [0.05, 0.1) is 22.7 Å². The van der Waals surface area contributed by atoms with Crippen molar-refractivity contribution in [1.82, 2.24) is 9.21 Å². The van der Waals surface area contributed by atoms with Gasteiger partial charge in [0.1, 0.15) is 0 Å². The topological polar surface area (TPSA) is 73.0 Å². The highest BCUT2D eigenvalue weighted by Gasteiger charge is 2.25. The van der Waals surface area contributed by atoms with Crippen LogP contribution in [0.2, 0.25) is 0 Å². The van der Waals surface area contributed by atoms with Gasteiger partial charge in [-0.1, -0.05) is 32.0 Å². The Balaban J connectivity index is 1.92. The zero-order valence-corrected chi connectivity index (χ0v) is 21.2. The van der Waals surface area contributed by atoms with Crippen molar-refractivity contribution in [3.8, 4) is 0 Å². The first-order valence-corrected chi connectivity index (χ1v) is 13.0. The van der Waals surface area contributed by atoms with Gasteiger partial charge < -0.3 is 15.1 Å². The molecule has 8 heteroatoms. The number of benzene rings is 2. The van der Waals surface area contributed by atoms with Gasteiger partial charge in [-0.05, 0) is 55.8 Å². The number of sulfonamides is 1. The maximum absolute atomic E-state index is 13.1. The van der Waals surface area contributed by atoms with Gasteiger partial charge in [-0.2, -0.15) is 4.31 Å². The molecule has 1 fully saturated rings. The summed E-state index contributed by atoms with van der Waals surface area (Å²) in [6, 6.07) is 11.1. The van der Waals surface area contributed by atoms with E-state index in [9.17, 15) is 13.2 Å². The predicted octanol–water partition coefficient (Wildman–Crippen LogP) is 3.27. The van der Waals surface area contributed by atoms with Gasteiger partial charge in [0, 0.05) is 39.3 Å². The fourth-order valence-electron chi connectivity index (χ4n) is 4.10. The van der Waals surface area contributed by atoms with Crippen molar-refractivity contribution in [2.24, 2.45) is 0 Å². The quantitative estimate of drug-likeness (QED) is 0.638. The van der Waals surface area contributed by atoms with E-state index in [0.717, 1.165) is 43.0 Å². The molecule has 1 amide bonds. The molecule has 1 heterocycles. The molecular formula is C25H36N4O3S. The Morgan fingerprint density at radius 2 is 1.64 bits per heavy atom. The van der Waals surface area contributed by atoms with Gasteiger partial charge in [-0.25, -0.2) is 8.42 Å². The average molecular weight is 473 g/mol. The molecule has 1 aliphatic rings. The van der Waals surface area contributed by atoms with E-state index in [1.165, 1.54) is 9.87 Å². The van der Waals surface area contributed by atoms with Gasteiger partial charge in [-0.15, -0.1) is 0 Å². The minimum atomic E-state index is -3.63. The second kappa shape index (κ2) is 10.7. The zero-order valence-electron chi connectivity index (χ0n) is 20.4. The van der Waals surface area contributed by atoms with Gasteiger partial charge in [0.25, 0.3) is 0 Å². The van der Waals surface area contributed by atoms with E-state index in [4.69, 9.17) is 0 Å². The lowest BCUT2D eigenvalue weighted by molar-refractivity contribution is -0.115. The molecule has 180 valence electrons. The van der Waals surface area contributed by atoms with E-state index in [2.05, 4.69) is 22.2 Å². The van der Waals surface area contributed by atoms with Crippen LogP contribution in [0.5, 0.6) is 0 Å². The molecule has 1 N–H and O–H groups in total. The Hall–Kier alpha value is -2.42. The smallest absolute Gasteiger partial charge is 0.243 e. The molecule has 0 spiro atoms. The van der Waals surface area contributed by atoms with Crippen LogP contribution in [0.15, 0.2) is 41.3 Å². The molecule has 0 atom stereocenters. The number of carbonyl (C=O) groups is 1. The summed E-state index contributed by atoms with van der Waals surface area (Å²) in [6.45, 7) is 12.0. The number of amides is 1. The average Bonchev–Trinajstić information content (AvgIpc) is 2.77. The molecule has 1 aliphatic heterocycles. The van der Waals surface area contributed by atoms with E-state index in [1.807, 2.05) is 52.0 Å². The highest BCUT2D eigenvalue weighted by molar-refractivity contribution is 7.89. The van der Waals surface area contributed by atoms with Gasteiger partial charge in [0.15, 0.2) is 0 Å². The Bertz CT molecular complexity index is 1090. The second-order valence-electron chi connectivity index (χ2n) is 8.70. The number of rotatable bonds is 8. The summed E-state index contributed by atoms with van der Waals surface area (Å²) < 4.78 is 27.7. The van der Waals surface area contributed by atoms with Crippen LogP contribution in [-0.4, -0.2) is 69.8 Å². The normalized spacial score (nSPS) is 15.2. The van der Waals surface area contributed by atoms with Crippen LogP contribution in [0, 0.1) is 13.8 Å². The second-order valence-corrected chi connectivity index (χ2v) is 10.6. The Kier molecular flexibility index (Phi) is 8.15. The van der Waals surface area contributed by atoms with Crippen molar-refractivity contribution in [3.05, 3.63) is 53.1 Å². The number of nitrogens with zero attached hydrogens (tertiary/aromatic N) is 3. The molecule has 0 aromatic heterocycles. The lowest BCUT2D eigenvalue weighted by Gasteiger charge is -2.35. The summed E-state index contributed by atoms with van der Waals surface area (Å²) in [5.41, 5.74) is 4.66. The monoisotopic (exact) mass is 472 g/mol. The zero-order chi connectivity index (χ0) is 24.2. The third-order valence-electron chi connectivity index (χ3n) is 6.37. The molecule has 2 aromatic carbocycles. The predicted molar refractivity (Wildman–Crippen MR) is 135 cm³/mol. The highest BCUT2D eigenvalue weighted by Crippen LogP contribution is 2.31. The van der Waals surface area contributed by atoms with E-state index < -0.39 is 10.0 Å². The number of carbonyl (C=O) groups excluding carboxylic acids is 1. The van der Waals surface area contributed by atoms with Crippen LogP contribution < -0.4 is 10.2 Å². The van der Waals surface area contributed by atoms with Crippen molar-refractivity contribution in [2.45, 2.75) is 39.0 Å². The summed E-state index contributed by atoms with van der Waals surface area (Å²) in [5.74, 6) is -0.161. The molecule has 0 radical (unpaired) electrons. The number of aryl methyl sites for hydroxylation is 2. The molecule has 0 aliphatic carbocycles. The summed E-state index contributed by atoms with van der Waals surface area (Å²) in [6.07, 6.45) is 0.232. The first-order chi connectivity index (χ1) is 15.6. The Morgan fingerprint density at radius 1 is 0.970 bits per heavy atom. The third-order valence-corrected chi connectivity index (χ3v) is 8.41. The van der Waals surface area contributed by atoms with E-state index in [0.29, 0.717) is 18.8 Å². The van der Waals surface area contributed by atoms with Gasteiger partial charge in [0.2, 0.25) is 15.9 Å². The lowest BCUT2D eigenvalue weighted by atomic mass is 10.0. The lowest BCUT2D eigenvalue weighted by Crippen LogP contribution is -2.44. The molecular weight excluding hydrogens is 436 g/mol. The number of likely N-dealkylation sites (N-methyl/N-ethyl adjacent to an activating group) is 1. The maximum atomic E-state index is 13.1. The summed E-state index contributed by atoms with van der Waals surface area (Å²) in [5, 5.41) is 3.01. The van der Waals surface area contributed by atoms with E-state index >= 15 is 0 Å². The largest absolute Gasteiger partial charge is 0.367 e. The van der Waals surface area contributed by atoms with Crippen molar-refractivity contribution >= 4 is 27.3 Å². The fourth-order valence-corrected chi connectivity index (χ4v) is 5.59. The summed E-state index contributed by atoms with van der Waals surface area (Å²) in [7, 11) is -1.54. The van der Waals surface area contributed by atoms with Crippen molar-refractivity contribution in [1.29, 1.82) is 0 Å². The van der Waals surface area contributed by atoms with Crippen LogP contribution in [0.3, 0.4) is 0 Å². The third kappa shape index (κ3) is 5.93. The molecule has 0 unspecified atom stereocenters. The Labute approximate surface area is 198 Å². The standard InChI is InChI=1S/C25H36N4O3S/c1-6-29(7-2)33(31,32)22-10-11-24(28-14-12-27(5)13-15-28)23(18-22)26-25(30)17-21-9-8-19(3)20(4)16-21/h8-11,16,18H,6-7,12-15,17H2,1-5H3,(H,26,30). The van der Waals surface area contributed by atoms with E-state index in [-0.39, 0.29) is 17.2 Å². The fraction of sp³-hybridized carbons (Fsp3) is 0.480. The minimum absolute atomic E-state index is 0.161. The molecule has 0 bridgehead atoms. The number of nitrogens with one attached hydrogen (secondary N) is 1. The first kappa shape index (κ1) is 25.2. The van der Waals surface area contributed by atoms with Crippen molar-refractivity contribution in [2.75, 3.05) is 56.5 Å². The summed E-state index contributed by atoms with van der Waals surface area (Å²) in [4.78, 5) is 17.6. The number of anilines is 2. The number of hydrogen-bond acceptors (Lipinski definition) is 5. The molecule has 7 nitrogen and oxygen atoms in total. The van der Waals surface area contributed by atoms with Crippen LogP contribution in [0.4, 0.5) is 11.4 Å². The molecule has 33 heavy (non-hydrogen) atoms. The SMILES string of the molecule is CCN(CC)S(=O)(=O)c1ccc(N2CCN(C)CC2)c(NC(=O)Cc2ccc(C)c(C)c2)c1. The highest BCUT2D eigenvalue weighted by atomic mass is 32.2. The van der Waals surface area contributed by atoms with E-state index in [1.54, 1.807) is 12.1 Å². The summed E-state index contributed by atoms with van der Waals surface area (Å²) >= 11 is 0. The van der Waals surface area contributed by atoms with Crippen molar-refractivity contribution in [3.63, 3.8) is 0 Å². The molecule has 2 aromatic rings.